The molecular weight excluding hydrogens is 735 g/mol. The lowest BCUT2D eigenvalue weighted by Gasteiger charge is -2.26. The highest BCUT2D eigenvalue weighted by Crippen LogP contribution is 2.51. The summed E-state index contributed by atoms with van der Waals surface area (Å²) in [5, 5.41) is 2.58. The number of anilines is 3. The second-order valence-corrected chi connectivity index (χ2v) is 17.2. The van der Waals surface area contributed by atoms with Crippen molar-refractivity contribution in [1.82, 2.24) is 9.97 Å². The van der Waals surface area contributed by atoms with Gasteiger partial charge in [-0.15, -0.1) is 11.3 Å². The summed E-state index contributed by atoms with van der Waals surface area (Å²) in [6.45, 7) is 4.80. The Morgan fingerprint density at radius 3 is 1.69 bits per heavy atom. The first-order valence-electron chi connectivity index (χ1n) is 20.5. The molecular formula is C55H41N3S. The minimum Gasteiger partial charge on any atom is -0.279 e. The molecule has 4 heteroatoms. The van der Waals surface area contributed by atoms with E-state index in [1.165, 1.54) is 53.6 Å². The Balaban J connectivity index is 1.00. The van der Waals surface area contributed by atoms with Crippen molar-refractivity contribution in [1.29, 1.82) is 0 Å². The van der Waals surface area contributed by atoms with Crippen molar-refractivity contribution >= 4 is 54.4 Å². The molecule has 0 bridgehead atoms. The molecule has 2 aliphatic rings. The number of allylic oxidation sites excluding steroid dienone is 4. The number of hydrogen-bond acceptors (Lipinski definition) is 4. The molecule has 3 nitrogen and oxygen atoms in total. The van der Waals surface area contributed by atoms with Gasteiger partial charge in [0, 0.05) is 48.1 Å². The molecule has 2 aromatic heterocycles. The molecule has 0 aliphatic heterocycles. The van der Waals surface area contributed by atoms with Crippen LogP contribution in [0.1, 0.15) is 37.8 Å². The summed E-state index contributed by atoms with van der Waals surface area (Å²) >= 11 is 1.87. The summed E-state index contributed by atoms with van der Waals surface area (Å²) in [5.41, 5.74) is 16.6. The van der Waals surface area contributed by atoms with E-state index < -0.39 is 0 Å². The van der Waals surface area contributed by atoms with E-state index in [1.807, 2.05) is 29.5 Å². The van der Waals surface area contributed by atoms with Gasteiger partial charge in [-0.25, -0.2) is 9.97 Å². The number of aromatic nitrogens is 2. The predicted molar refractivity (Wildman–Crippen MR) is 250 cm³/mol. The fraction of sp³-hybridized carbons (Fsp3) is 0.0909. The molecule has 0 saturated heterocycles. The number of rotatable bonds is 7. The van der Waals surface area contributed by atoms with Crippen LogP contribution in [-0.2, 0) is 5.41 Å². The Morgan fingerprint density at radius 2 is 1.05 bits per heavy atom. The van der Waals surface area contributed by atoms with Gasteiger partial charge in [-0.3, -0.25) is 4.90 Å². The number of hydrogen-bond donors (Lipinski definition) is 0. The highest BCUT2D eigenvalue weighted by Gasteiger charge is 2.37. The maximum Gasteiger partial charge on any atom is 0.235 e. The number of nitrogens with zero attached hydrogens (tertiary/aromatic N) is 3. The zero-order chi connectivity index (χ0) is 39.5. The second kappa shape index (κ2) is 14.2. The fourth-order valence-corrected chi connectivity index (χ4v) is 10.2. The third-order valence-electron chi connectivity index (χ3n) is 12.2. The average Bonchev–Trinajstić information content (AvgIpc) is 3.78. The Morgan fingerprint density at radius 1 is 0.508 bits per heavy atom. The van der Waals surface area contributed by atoms with Crippen LogP contribution in [0.15, 0.2) is 194 Å². The molecule has 282 valence electrons. The lowest BCUT2D eigenvalue weighted by atomic mass is 9.78. The smallest absolute Gasteiger partial charge is 0.235 e. The van der Waals surface area contributed by atoms with Crippen molar-refractivity contribution in [3.63, 3.8) is 0 Å². The zero-order valence-electron chi connectivity index (χ0n) is 33.1. The lowest BCUT2D eigenvalue weighted by molar-refractivity contribution is 0.607. The van der Waals surface area contributed by atoms with Gasteiger partial charge in [0.1, 0.15) is 0 Å². The van der Waals surface area contributed by atoms with Crippen molar-refractivity contribution in [2.24, 2.45) is 0 Å². The SMILES string of the molecule is CC1(C)C2=C(C=CCC2)c2ccc(-c3ccc4sc5ccc(-c6cccc(N(c7ccccc7)c7nc(-c8ccccc8)cc(-c8ccccc8)n7)c6)cc5c4c3)cc21. The molecule has 0 atom stereocenters. The molecule has 9 aromatic rings. The monoisotopic (exact) mass is 775 g/mol. The molecule has 59 heavy (non-hydrogen) atoms. The van der Waals surface area contributed by atoms with Crippen molar-refractivity contribution < 1.29 is 0 Å². The molecule has 2 heterocycles. The van der Waals surface area contributed by atoms with E-state index in [2.05, 4.69) is 189 Å². The van der Waals surface area contributed by atoms with E-state index in [9.17, 15) is 0 Å². The van der Waals surface area contributed by atoms with Crippen LogP contribution in [0.5, 0.6) is 0 Å². The number of thiophene rings is 1. The fourth-order valence-electron chi connectivity index (χ4n) is 9.17. The number of para-hydroxylation sites is 1. The van der Waals surface area contributed by atoms with Crippen LogP contribution >= 0.6 is 11.3 Å². The normalized spacial score (nSPS) is 14.1. The van der Waals surface area contributed by atoms with Gasteiger partial charge in [-0.05, 0) is 112 Å². The van der Waals surface area contributed by atoms with Crippen LogP contribution in [-0.4, -0.2) is 9.97 Å². The average molecular weight is 776 g/mol. The van der Waals surface area contributed by atoms with Crippen LogP contribution in [0, 0.1) is 0 Å². The Kier molecular flexibility index (Phi) is 8.49. The van der Waals surface area contributed by atoms with Gasteiger partial charge >= 0.3 is 0 Å². The third kappa shape index (κ3) is 6.19. The molecule has 0 fully saturated rings. The van der Waals surface area contributed by atoms with E-state index in [-0.39, 0.29) is 5.41 Å². The van der Waals surface area contributed by atoms with E-state index >= 15 is 0 Å². The first-order valence-corrected chi connectivity index (χ1v) is 21.3. The Labute approximate surface area is 349 Å². The van der Waals surface area contributed by atoms with Crippen molar-refractivity contribution in [3.8, 4) is 44.8 Å². The summed E-state index contributed by atoms with van der Waals surface area (Å²) < 4.78 is 2.60. The van der Waals surface area contributed by atoms with Gasteiger partial charge in [0.15, 0.2) is 0 Å². The van der Waals surface area contributed by atoms with Gasteiger partial charge < -0.3 is 0 Å². The van der Waals surface area contributed by atoms with Gasteiger partial charge in [0.05, 0.1) is 11.4 Å². The maximum absolute atomic E-state index is 5.24. The van der Waals surface area contributed by atoms with Gasteiger partial charge in [0.25, 0.3) is 0 Å². The quantitative estimate of drug-likeness (QED) is 0.161. The second-order valence-electron chi connectivity index (χ2n) is 16.1. The van der Waals surface area contributed by atoms with E-state index in [1.54, 1.807) is 5.57 Å². The third-order valence-corrected chi connectivity index (χ3v) is 13.4. The first-order chi connectivity index (χ1) is 29.0. The van der Waals surface area contributed by atoms with Crippen molar-refractivity contribution in [2.75, 3.05) is 4.90 Å². The van der Waals surface area contributed by atoms with Gasteiger partial charge in [-0.2, -0.15) is 0 Å². The summed E-state index contributed by atoms with van der Waals surface area (Å²) in [6.07, 6.45) is 6.96. The predicted octanol–water partition coefficient (Wildman–Crippen LogP) is 15.4. The molecule has 11 rings (SSSR count). The van der Waals surface area contributed by atoms with E-state index in [0.717, 1.165) is 52.3 Å². The summed E-state index contributed by atoms with van der Waals surface area (Å²) in [5.74, 6) is 0.614. The lowest BCUT2D eigenvalue weighted by Crippen LogP contribution is -2.17. The highest BCUT2D eigenvalue weighted by atomic mass is 32.1. The minimum atomic E-state index is 0.0468. The zero-order valence-corrected chi connectivity index (χ0v) is 33.9. The Hall–Kier alpha value is -6.88. The Bertz CT molecular complexity index is 3060. The first kappa shape index (κ1) is 35.3. The number of fused-ring (bicyclic) bond motifs is 5. The topological polar surface area (TPSA) is 29.0 Å². The molecule has 7 aromatic carbocycles. The molecule has 0 amide bonds. The van der Waals surface area contributed by atoms with Crippen LogP contribution in [0.2, 0.25) is 0 Å². The number of benzene rings is 7. The summed E-state index contributed by atoms with van der Waals surface area (Å²) in [4.78, 5) is 12.7. The van der Waals surface area contributed by atoms with Crippen LogP contribution in [0.3, 0.4) is 0 Å². The molecule has 0 saturated carbocycles. The van der Waals surface area contributed by atoms with E-state index in [4.69, 9.17) is 9.97 Å². The molecule has 0 unspecified atom stereocenters. The van der Waals surface area contributed by atoms with Crippen LogP contribution in [0.25, 0.3) is 70.5 Å². The van der Waals surface area contributed by atoms with Crippen LogP contribution < -0.4 is 4.90 Å². The minimum absolute atomic E-state index is 0.0468. The van der Waals surface area contributed by atoms with Crippen LogP contribution in [0.4, 0.5) is 17.3 Å². The van der Waals surface area contributed by atoms with E-state index in [0.29, 0.717) is 5.95 Å². The molecule has 0 spiro atoms. The standard InChI is InChI=1S/C55H41N3S/c1-55(2)48-24-13-12-23-44(48)45-28-25-41(34-49(45)55)40-27-30-53-47(33-40)46-32-39(26-29-52(46)59-53)38-19-14-22-43(31-38)58(42-20-10-5-11-21-42)54-56-50(36-15-6-3-7-16-36)35-51(57-54)37-17-8-4-9-18-37/h3-12,14-23,25-35H,13,24H2,1-2H3. The molecule has 0 N–H and O–H groups in total. The molecule has 0 radical (unpaired) electrons. The largest absolute Gasteiger partial charge is 0.279 e. The van der Waals surface area contributed by atoms with Crippen molar-refractivity contribution in [2.45, 2.75) is 32.1 Å². The molecule has 2 aliphatic carbocycles. The summed E-state index contributed by atoms with van der Waals surface area (Å²) in [7, 11) is 0. The van der Waals surface area contributed by atoms with Gasteiger partial charge in [-0.1, -0.05) is 147 Å². The summed E-state index contributed by atoms with van der Waals surface area (Å²) in [6, 6.07) is 63.1. The van der Waals surface area contributed by atoms with Gasteiger partial charge in [0.2, 0.25) is 5.95 Å². The van der Waals surface area contributed by atoms with Crippen molar-refractivity contribution in [3.05, 3.63) is 205 Å². The highest BCUT2D eigenvalue weighted by molar-refractivity contribution is 7.25. The maximum atomic E-state index is 5.24.